The Morgan fingerprint density at radius 1 is 1.26 bits per heavy atom. The van der Waals surface area contributed by atoms with Crippen molar-refractivity contribution in [1.82, 2.24) is 4.90 Å². The standard InChI is InChI=1S/C16H25FN2/c1-11-8-9-19(12(2)10-11)16(13(3)18)14-4-6-15(17)7-5-14/h4-7,11-13,16H,8-10,18H2,1-3H3. The Morgan fingerprint density at radius 2 is 1.89 bits per heavy atom. The Balaban J connectivity index is 2.22. The van der Waals surface area contributed by atoms with Crippen molar-refractivity contribution in [3.8, 4) is 0 Å². The summed E-state index contributed by atoms with van der Waals surface area (Å²) in [5.41, 5.74) is 7.32. The summed E-state index contributed by atoms with van der Waals surface area (Å²) >= 11 is 0. The average Bonchev–Trinajstić information content (AvgIpc) is 2.34. The molecule has 19 heavy (non-hydrogen) atoms. The molecule has 0 spiro atoms. The molecule has 0 radical (unpaired) electrons. The number of nitrogens with zero attached hydrogens (tertiary/aromatic N) is 1. The highest BCUT2D eigenvalue weighted by atomic mass is 19.1. The summed E-state index contributed by atoms with van der Waals surface area (Å²) in [6.07, 6.45) is 2.43. The van der Waals surface area contributed by atoms with E-state index in [1.54, 1.807) is 0 Å². The molecule has 2 nitrogen and oxygen atoms in total. The first-order valence-electron chi connectivity index (χ1n) is 7.26. The van der Waals surface area contributed by atoms with E-state index < -0.39 is 0 Å². The molecule has 1 aliphatic heterocycles. The van der Waals surface area contributed by atoms with Crippen molar-refractivity contribution in [2.75, 3.05) is 6.54 Å². The van der Waals surface area contributed by atoms with E-state index in [2.05, 4.69) is 18.7 Å². The minimum absolute atomic E-state index is 0.0429. The number of piperidine rings is 1. The minimum Gasteiger partial charge on any atom is -0.326 e. The van der Waals surface area contributed by atoms with E-state index >= 15 is 0 Å². The number of hydrogen-bond acceptors (Lipinski definition) is 2. The van der Waals surface area contributed by atoms with Gasteiger partial charge in [-0.3, -0.25) is 4.90 Å². The van der Waals surface area contributed by atoms with Gasteiger partial charge in [0.1, 0.15) is 5.82 Å². The van der Waals surface area contributed by atoms with Crippen LogP contribution in [0.2, 0.25) is 0 Å². The van der Waals surface area contributed by atoms with E-state index in [1.807, 2.05) is 19.1 Å². The van der Waals surface area contributed by atoms with E-state index in [0.29, 0.717) is 6.04 Å². The molecule has 0 aliphatic carbocycles. The van der Waals surface area contributed by atoms with Gasteiger partial charge in [-0.1, -0.05) is 19.1 Å². The molecular weight excluding hydrogens is 239 g/mol. The number of halogens is 1. The van der Waals surface area contributed by atoms with Crippen LogP contribution >= 0.6 is 0 Å². The maximum atomic E-state index is 13.1. The molecule has 4 atom stereocenters. The molecule has 1 aliphatic rings. The summed E-state index contributed by atoms with van der Waals surface area (Å²) in [6.45, 7) is 7.70. The predicted molar refractivity (Wildman–Crippen MR) is 77.4 cm³/mol. The lowest BCUT2D eigenvalue weighted by molar-refractivity contribution is 0.0708. The zero-order valence-electron chi connectivity index (χ0n) is 12.1. The number of benzene rings is 1. The molecule has 0 bridgehead atoms. The van der Waals surface area contributed by atoms with Crippen LogP contribution < -0.4 is 5.73 Å². The first kappa shape index (κ1) is 14.5. The average molecular weight is 264 g/mol. The van der Waals surface area contributed by atoms with E-state index in [1.165, 1.54) is 25.0 Å². The van der Waals surface area contributed by atoms with Crippen LogP contribution in [0, 0.1) is 11.7 Å². The molecule has 1 aromatic carbocycles. The maximum Gasteiger partial charge on any atom is 0.123 e. The van der Waals surface area contributed by atoms with E-state index in [4.69, 9.17) is 5.73 Å². The highest BCUT2D eigenvalue weighted by molar-refractivity contribution is 5.22. The molecule has 0 aromatic heterocycles. The minimum atomic E-state index is -0.188. The lowest BCUT2D eigenvalue weighted by atomic mass is 9.89. The first-order chi connectivity index (χ1) is 8.99. The van der Waals surface area contributed by atoms with Gasteiger partial charge in [0.15, 0.2) is 0 Å². The van der Waals surface area contributed by atoms with Crippen molar-refractivity contribution in [2.45, 2.75) is 51.7 Å². The number of rotatable bonds is 3. The van der Waals surface area contributed by atoms with E-state index in [0.717, 1.165) is 18.0 Å². The molecule has 0 saturated carbocycles. The zero-order chi connectivity index (χ0) is 14.0. The van der Waals surface area contributed by atoms with Gasteiger partial charge in [0.05, 0.1) is 0 Å². The Kier molecular flexibility index (Phi) is 4.58. The second-order valence-electron chi connectivity index (χ2n) is 6.07. The number of hydrogen-bond donors (Lipinski definition) is 1. The topological polar surface area (TPSA) is 29.3 Å². The Hall–Kier alpha value is -0.930. The molecule has 106 valence electrons. The molecule has 3 heteroatoms. The van der Waals surface area contributed by atoms with Crippen molar-refractivity contribution < 1.29 is 4.39 Å². The molecule has 1 fully saturated rings. The van der Waals surface area contributed by atoms with Crippen LogP contribution in [0.25, 0.3) is 0 Å². The molecule has 1 heterocycles. The third-order valence-corrected chi connectivity index (χ3v) is 4.26. The van der Waals surface area contributed by atoms with Crippen LogP contribution in [0.3, 0.4) is 0 Å². The molecule has 0 amide bonds. The highest BCUT2D eigenvalue weighted by Crippen LogP contribution is 2.32. The van der Waals surface area contributed by atoms with Crippen LogP contribution in [0.15, 0.2) is 24.3 Å². The van der Waals surface area contributed by atoms with Crippen LogP contribution in [0.5, 0.6) is 0 Å². The molecule has 2 N–H and O–H groups in total. The summed E-state index contributed by atoms with van der Waals surface area (Å²) in [4.78, 5) is 2.48. The fraction of sp³-hybridized carbons (Fsp3) is 0.625. The van der Waals surface area contributed by atoms with Crippen LogP contribution in [-0.2, 0) is 0 Å². The van der Waals surface area contributed by atoms with E-state index in [-0.39, 0.29) is 17.9 Å². The molecule has 4 unspecified atom stereocenters. The molecule has 1 saturated heterocycles. The smallest absolute Gasteiger partial charge is 0.123 e. The largest absolute Gasteiger partial charge is 0.326 e. The third kappa shape index (κ3) is 3.34. The lowest BCUT2D eigenvalue weighted by Crippen LogP contribution is -2.47. The number of likely N-dealkylation sites (tertiary alicyclic amines) is 1. The van der Waals surface area contributed by atoms with Crippen molar-refractivity contribution >= 4 is 0 Å². The van der Waals surface area contributed by atoms with Gasteiger partial charge in [0.2, 0.25) is 0 Å². The molecule has 1 aromatic rings. The molecule has 2 rings (SSSR count). The maximum absolute atomic E-state index is 13.1. The fourth-order valence-electron chi connectivity index (χ4n) is 3.30. The predicted octanol–water partition coefficient (Wildman–Crippen LogP) is 3.33. The fourth-order valence-corrected chi connectivity index (χ4v) is 3.30. The first-order valence-corrected chi connectivity index (χ1v) is 7.26. The van der Waals surface area contributed by atoms with Crippen molar-refractivity contribution in [3.63, 3.8) is 0 Å². The van der Waals surface area contributed by atoms with Crippen molar-refractivity contribution in [3.05, 3.63) is 35.6 Å². The van der Waals surface area contributed by atoms with Gasteiger partial charge in [-0.25, -0.2) is 4.39 Å². The van der Waals surface area contributed by atoms with Gasteiger partial charge < -0.3 is 5.73 Å². The van der Waals surface area contributed by atoms with Crippen molar-refractivity contribution in [2.24, 2.45) is 11.7 Å². The Labute approximate surface area is 115 Å². The SMILES string of the molecule is CC1CCN(C(c2ccc(F)cc2)C(C)N)C(C)C1. The van der Waals surface area contributed by atoms with Gasteiger partial charge in [-0.05, 0) is 56.8 Å². The third-order valence-electron chi connectivity index (χ3n) is 4.26. The van der Waals surface area contributed by atoms with Gasteiger partial charge in [-0.15, -0.1) is 0 Å². The van der Waals surface area contributed by atoms with Crippen LogP contribution in [-0.4, -0.2) is 23.5 Å². The lowest BCUT2D eigenvalue weighted by Gasteiger charge is -2.43. The van der Waals surface area contributed by atoms with Crippen molar-refractivity contribution in [1.29, 1.82) is 0 Å². The van der Waals surface area contributed by atoms with E-state index in [9.17, 15) is 4.39 Å². The summed E-state index contributed by atoms with van der Waals surface area (Å²) < 4.78 is 13.1. The monoisotopic (exact) mass is 264 g/mol. The van der Waals surface area contributed by atoms with Gasteiger partial charge in [-0.2, -0.15) is 0 Å². The summed E-state index contributed by atoms with van der Waals surface area (Å²) in [5, 5.41) is 0. The van der Waals surface area contributed by atoms with Gasteiger partial charge in [0.25, 0.3) is 0 Å². The van der Waals surface area contributed by atoms with Crippen LogP contribution in [0.4, 0.5) is 4.39 Å². The number of nitrogens with two attached hydrogens (primary N) is 1. The molecular formula is C16H25FN2. The summed E-state index contributed by atoms with van der Waals surface area (Å²) in [7, 11) is 0. The Morgan fingerprint density at radius 3 is 2.42 bits per heavy atom. The van der Waals surface area contributed by atoms with Gasteiger partial charge in [0, 0.05) is 18.1 Å². The normalized spacial score (nSPS) is 28.1. The zero-order valence-corrected chi connectivity index (χ0v) is 12.1. The van der Waals surface area contributed by atoms with Crippen LogP contribution in [0.1, 0.15) is 45.2 Å². The Bertz CT molecular complexity index is 402. The quantitative estimate of drug-likeness (QED) is 0.907. The van der Waals surface area contributed by atoms with Gasteiger partial charge >= 0.3 is 0 Å². The summed E-state index contributed by atoms with van der Waals surface area (Å²) in [6, 6.07) is 7.56. The summed E-state index contributed by atoms with van der Waals surface area (Å²) in [5.74, 6) is 0.598. The highest BCUT2D eigenvalue weighted by Gasteiger charge is 2.31. The second-order valence-corrected chi connectivity index (χ2v) is 6.07. The second kappa shape index (κ2) is 6.02.